The van der Waals surface area contributed by atoms with Crippen LogP contribution in [0, 0.1) is 0 Å². The lowest BCUT2D eigenvalue weighted by atomic mass is 10.0. The molecule has 0 unspecified atom stereocenters. The third-order valence-electron chi connectivity index (χ3n) is 13.3. The van der Waals surface area contributed by atoms with Crippen molar-refractivity contribution in [3.05, 3.63) is 0 Å². The highest BCUT2D eigenvalue weighted by atomic mass is 32.0. The summed E-state index contributed by atoms with van der Waals surface area (Å²) in [6, 6.07) is 0. The summed E-state index contributed by atoms with van der Waals surface area (Å²) in [5.41, 5.74) is 0. The van der Waals surface area contributed by atoms with Gasteiger partial charge in [0.05, 0.1) is 0 Å². The van der Waals surface area contributed by atoms with Gasteiger partial charge in [-0.25, -0.2) is 0 Å². The minimum absolute atomic E-state index is 1.37. The van der Waals surface area contributed by atoms with Crippen LogP contribution in [0.2, 0.25) is 0 Å². The molecular formula is C56H114P2. The maximum absolute atomic E-state index is 2.31. The molecular weight excluding hydrogens is 735 g/mol. The van der Waals surface area contributed by atoms with Crippen molar-refractivity contribution < 1.29 is 0 Å². The monoisotopic (exact) mass is 849 g/mol. The smallest absolute Gasteiger partial charge is 0.0242 e. The molecule has 58 heavy (non-hydrogen) atoms. The van der Waals surface area contributed by atoms with Gasteiger partial charge in [-0.2, -0.15) is 0 Å². The fraction of sp³-hybridized carbons (Fsp3) is 1.00. The Kier molecular flexibility index (Phi) is 58.7. The second kappa shape index (κ2) is 57.9. The molecule has 0 saturated carbocycles. The van der Waals surface area contributed by atoms with Crippen LogP contribution in [0.1, 0.15) is 348 Å². The number of hydrogen-bond donors (Lipinski definition) is 0. The van der Waals surface area contributed by atoms with Crippen molar-refractivity contribution in [1.82, 2.24) is 0 Å². The van der Waals surface area contributed by atoms with Crippen LogP contribution < -0.4 is 0 Å². The van der Waals surface area contributed by atoms with E-state index in [2.05, 4.69) is 13.8 Å². The van der Waals surface area contributed by atoms with Gasteiger partial charge in [0.15, 0.2) is 0 Å². The second-order valence-corrected chi connectivity index (χ2v) is 22.6. The average molecular weight is 849 g/mol. The van der Waals surface area contributed by atoms with E-state index in [1.54, 1.807) is 16.5 Å². The van der Waals surface area contributed by atoms with Gasteiger partial charge in [0.2, 0.25) is 0 Å². The van der Waals surface area contributed by atoms with Crippen LogP contribution in [0.5, 0.6) is 0 Å². The molecule has 0 aromatic carbocycles. The third-order valence-corrected chi connectivity index (χ3v) is 16.4. The molecule has 0 aromatic rings. The summed E-state index contributed by atoms with van der Waals surface area (Å²) in [6.07, 6.45) is 80.2. The number of unbranched alkanes of at least 4 members (excludes halogenated alkanes) is 50. The van der Waals surface area contributed by atoms with Crippen molar-refractivity contribution in [3.63, 3.8) is 0 Å². The third kappa shape index (κ3) is 56.9. The molecule has 2 heteroatoms. The molecule has 348 valence electrons. The SMILES string of the molecule is CCCCCCCCCCCCCCCCCCCCCCCCCCCC[P][P]CCCCCCCCCCCCCCCCCCCCCCCCCCCC. The largest absolute Gasteiger partial charge is 0.0654 e. The maximum Gasteiger partial charge on any atom is -0.0242 e. The number of rotatable bonds is 55. The van der Waals surface area contributed by atoms with Gasteiger partial charge < -0.3 is 0 Å². The van der Waals surface area contributed by atoms with Gasteiger partial charge in [-0.1, -0.05) is 335 Å². The predicted molar refractivity (Wildman–Crippen MR) is 275 cm³/mol. The van der Waals surface area contributed by atoms with E-state index in [4.69, 9.17) is 0 Å². The zero-order valence-electron chi connectivity index (χ0n) is 41.1. The van der Waals surface area contributed by atoms with Crippen molar-refractivity contribution >= 4 is 16.5 Å². The van der Waals surface area contributed by atoms with E-state index < -0.39 is 0 Å². The highest BCUT2D eigenvalue weighted by molar-refractivity contribution is 8.11. The van der Waals surface area contributed by atoms with E-state index in [1.807, 2.05) is 0 Å². The van der Waals surface area contributed by atoms with Crippen molar-refractivity contribution in [1.29, 1.82) is 0 Å². The first kappa shape index (κ1) is 58.9. The molecule has 0 bridgehead atoms. The lowest BCUT2D eigenvalue weighted by molar-refractivity contribution is 0.516. The van der Waals surface area contributed by atoms with Crippen molar-refractivity contribution in [2.45, 2.75) is 348 Å². The van der Waals surface area contributed by atoms with Gasteiger partial charge >= 0.3 is 0 Å². The molecule has 0 aliphatic heterocycles. The molecule has 0 heterocycles. The van der Waals surface area contributed by atoms with E-state index >= 15 is 0 Å². The molecule has 2 radical (unpaired) electrons. The van der Waals surface area contributed by atoms with E-state index in [9.17, 15) is 0 Å². The van der Waals surface area contributed by atoms with E-state index in [0.29, 0.717) is 0 Å². The Morgan fingerprint density at radius 3 is 0.362 bits per heavy atom. The van der Waals surface area contributed by atoms with Crippen LogP contribution in [-0.2, 0) is 0 Å². The first-order valence-corrected chi connectivity index (χ1v) is 31.1. The molecule has 0 rings (SSSR count). The Morgan fingerprint density at radius 1 is 0.138 bits per heavy atom. The minimum Gasteiger partial charge on any atom is -0.0654 e. The van der Waals surface area contributed by atoms with Gasteiger partial charge in [-0.05, 0) is 41.7 Å². The first-order chi connectivity index (χ1) is 28.9. The van der Waals surface area contributed by atoms with Gasteiger partial charge in [0, 0.05) is 0 Å². The highest BCUT2D eigenvalue weighted by Gasteiger charge is 2.00. The van der Waals surface area contributed by atoms with E-state index in [-0.39, 0.29) is 0 Å². The summed E-state index contributed by atoms with van der Waals surface area (Å²) >= 11 is 0. The highest BCUT2D eigenvalue weighted by Crippen LogP contribution is 2.38. The van der Waals surface area contributed by atoms with Crippen LogP contribution in [0.15, 0.2) is 0 Å². The standard InChI is InChI=1S/C56H114P2/c1-3-5-7-9-11-13-15-17-19-21-23-25-27-29-31-33-35-37-39-41-43-45-47-49-51-53-55-57-58-56-54-52-50-48-46-44-42-40-38-36-34-32-30-28-26-24-22-20-18-16-14-12-10-8-6-4-2/h3-56H2,1-2H3. The van der Waals surface area contributed by atoms with Crippen molar-refractivity contribution in [3.8, 4) is 0 Å². The Bertz CT molecular complexity index is 607. The van der Waals surface area contributed by atoms with Gasteiger partial charge in [0.1, 0.15) is 0 Å². The molecule has 0 aromatic heterocycles. The molecule has 0 N–H and O–H groups in total. The summed E-state index contributed by atoms with van der Waals surface area (Å²) in [7, 11) is 3.44. The molecule has 0 atom stereocenters. The predicted octanol–water partition coefficient (Wildman–Crippen LogP) is 23.1. The van der Waals surface area contributed by atoms with Crippen LogP contribution in [0.3, 0.4) is 0 Å². The van der Waals surface area contributed by atoms with Crippen molar-refractivity contribution in [2.75, 3.05) is 12.3 Å². The Hall–Kier alpha value is 0.860. The summed E-state index contributed by atoms with van der Waals surface area (Å²) in [5, 5.41) is 0. The molecule has 0 saturated heterocycles. The molecule has 0 fully saturated rings. The van der Waals surface area contributed by atoms with Crippen molar-refractivity contribution in [2.24, 2.45) is 0 Å². The summed E-state index contributed by atoms with van der Waals surface area (Å²) in [5.74, 6) is 0. The van der Waals surface area contributed by atoms with Crippen LogP contribution >= 0.6 is 16.5 Å². The molecule has 0 amide bonds. The Labute approximate surface area is 375 Å². The molecule has 0 nitrogen and oxygen atoms in total. The zero-order valence-corrected chi connectivity index (χ0v) is 42.9. The quantitative estimate of drug-likeness (QED) is 0.0423. The first-order valence-electron chi connectivity index (χ1n) is 28.2. The lowest BCUT2D eigenvalue weighted by Gasteiger charge is -2.05. The minimum atomic E-state index is 1.37. The molecule has 0 aliphatic carbocycles. The molecule has 0 spiro atoms. The fourth-order valence-electron chi connectivity index (χ4n) is 9.14. The van der Waals surface area contributed by atoms with Crippen LogP contribution in [0.4, 0.5) is 0 Å². The Morgan fingerprint density at radius 2 is 0.241 bits per heavy atom. The normalized spacial score (nSPS) is 12.1. The summed E-state index contributed by atoms with van der Waals surface area (Å²) in [4.78, 5) is 0. The lowest BCUT2D eigenvalue weighted by Crippen LogP contribution is -1.85. The maximum atomic E-state index is 2.31. The fourth-order valence-corrected chi connectivity index (χ4v) is 11.8. The average Bonchev–Trinajstić information content (AvgIpc) is 3.23. The van der Waals surface area contributed by atoms with Gasteiger partial charge in [-0.3, -0.25) is 0 Å². The van der Waals surface area contributed by atoms with Crippen LogP contribution in [-0.4, -0.2) is 12.3 Å². The van der Waals surface area contributed by atoms with E-state index in [0.717, 1.165) is 0 Å². The van der Waals surface area contributed by atoms with Crippen LogP contribution in [0.25, 0.3) is 0 Å². The summed E-state index contributed by atoms with van der Waals surface area (Å²) in [6.45, 7) is 4.63. The Balaban J connectivity index is 3.05. The molecule has 0 aliphatic rings. The summed E-state index contributed by atoms with van der Waals surface area (Å²) < 4.78 is 0. The van der Waals surface area contributed by atoms with E-state index in [1.165, 1.54) is 346 Å². The van der Waals surface area contributed by atoms with Gasteiger partial charge in [0.25, 0.3) is 0 Å². The number of hydrogen-bond acceptors (Lipinski definition) is 0. The van der Waals surface area contributed by atoms with Gasteiger partial charge in [-0.15, -0.1) is 0 Å². The topological polar surface area (TPSA) is 0 Å². The second-order valence-electron chi connectivity index (χ2n) is 19.4. The zero-order chi connectivity index (χ0) is 41.6.